The molecule has 140 valence electrons. The molecule has 0 atom stereocenters. The van der Waals surface area contributed by atoms with Gasteiger partial charge in [-0.25, -0.2) is 4.79 Å². The number of carbonyl (C=O) groups is 3. The number of morpholine rings is 1. The monoisotopic (exact) mass is 368 g/mol. The van der Waals surface area contributed by atoms with Crippen LogP contribution in [0.5, 0.6) is 0 Å². The fourth-order valence-corrected chi connectivity index (χ4v) is 2.93. The van der Waals surface area contributed by atoms with Gasteiger partial charge in [0.15, 0.2) is 0 Å². The van der Waals surface area contributed by atoms with E-state index in [9.17, 15) is 14.4 Å². The van der Waals surface area contributed by atoms with Crippen LogP contribution in [0.2, 0.25) is 0 Å². The zero-order valence-electron chi connectivity index (χ0n) is 14.9. The minimum atomic E-state index is -1.10. The van der Waals surface area contributed by atoms with Crippen LogP contribution in [0.1, 0.15) is 36.6 Å². The van der Waals surface area contributed by atoms with Gasteiger partial charge in [-0.1, -0.05) is 12.1 Å². The summed E-state index contributed by atoms with van der Waals surface area (Å²) < 4.78 is 5.28. The number of nitrogens with zero attached hydrogens (tertiary/aromatic N) is 1. The normalized spacial score (nSPS) is 13.9. The number of carboxylic acids is 1. The van der Waals surface area contributed by atoms with Crippen molar-refractivity contribution in [2.24, 2.45) is 0 Å². The minimum Gasteiger partial charge on any atom is -0.478 e. The number of benzene rings is 2. The molecule has 0 spiro atoms. The standard InChI is InChI=1S/C20H20N2O5/c1-13-16(19(24)22-8-10-27-11-9-22)6-3-7-17(13)21-18(23)14-4-2-5-15(12-14)20(25)26/h2-7,12H,8-11H2,1H3,(H,21,23)(H,25,26). The number of carboxylic acid groups (broad SMARTS) is 1. The SMILES string of the molecule is Cc1c(NC(=O)c2cccc(C(=O)O)c2)cccc1C(=O)N1CCOCC1. The van der Waals surface area contributed by atoms with Gasteiger partial charge in [-0.2, -0.15) is 0 Å². The second-order valence-electron chi connectivity index (χ2n) is 6.22. The molecule has 0 saturated carbocycles. The van der Waals surface area contributed by atoms with E-state index >= 15 is 0 Å². The highest BCUT2D eigenvalue weighted by Crippen LogP contribution is 2.22. The second-order valence-corrected chi connectivity index (χ2v) is 6.22. The van der Waals surface area contributed by atoms with Gasteiger partial charge in [-0.15, -0.1) is 0 Å². The fourth-order valence-electron chi connectivity index (χ4n) is 2.93. The Hall–Kier alpha value is -3.19. The minimum absolute atomic E-state index is 0.0376. The summed E-state index contributed by atoms with van der Waals surface area (Å²) in [5.41, 5.74) is 1.97. The molecule has 1 aliphatic heterocycles. The number of amides is 2. The second kappa shape index (κ2) is 8.01. The first-order chi connectivity index (χ1) is 13.0. The summed E-state index contributed by atoms with van der Waals surface area (Å²) in [6, 6.07) is 11.0. The molecular weight excluding hydrogens is 348 g/mol. The van der Waals surface area contributed by atoms with Crippen LogP contribution in [0.3, 0.4) is 0 Å². The van der Waals surface area contributed by atoms with Crippen molar-refractivity contribution in [1.29, 1.82) is 0 Å². The lowest BCUT2D eigenvalue weighted by Crippen LogP contribution is -2.41. The maximum Gasteiger partial charge on any atom is 0.335 e. The topological polar surface area (TPSA) is 95.9 Å². The molecule has 1 heterocycles. The van der Waals surface area contributed by atoms with Gasteiger partial charge in [-0.3, -0.25) is 9.59 Å². The molecule has 1 fully saturated rings. The third-order valence-electron chi connectivity index (χ3n) is 4.48. The maximum atomic E-state index is 12.7. The van der Waals surface area contributed by atoms with Gasteiger partial charge in [0.05, 0.1) is 18.8 Å². The van der Waals surface area contributed by atoms with E-state index in [2.05, 4.69) is 5.32 Å². The van der Waals surface area contributed by atoms with E-state index in [4.69, 9.17) is 9.84 Å². The van der Waals surface area contributed by atoms with Gasteiger partial charge in [0.2, 0.25) is 0 Å². The van der Waals surface area contributed by atoms with Crippen LogP contribution in [-0.2, 0) is 4.74 Å². The van der Waals surface area contributed by atoms with Crippen molar-refractivity contribution in [1.82, 2.24) is 4.90 Å². The van der Waals surface area contributed by atoms with Gasteiger partial charge >= 0.3 is 5.97 Å². The molecule has 0 aliphatic carbocycles. The molecule has 2 amide bonds. The Bertz CT molecular complexity index is 888. The number of carbonyl (C=O) groups excluding carboxylic acids is 2. The summed E-state index contributed by atoms with van der Waals surface area (Å²) in [6.45, 7) is 3.88. The van der Waals surface area contributed by atoms with E-state index in [1.165, 1.54) is 18.2 Å². The molecule has 3 rings (SSSR count). The van der Waals surface area contributed by atoms with Gasteiger partial charge in [0.25, 0.3) is 11.8 Å². The summed E-state index contributed by atoms with van der Waals surface area (Å²) in [5.74, 6) is -1.63. The highest BCUT2D eigenvalue weighted by atomic mass is 16.5. The van der Waals surface area contributed by atoms with E-state index in [1.54, 1.807) is 36.1 Å². The molecule has 0 aromatic heterocycles. The first-order valence-electron chi connectivity index (χ1n) is 8.58. The number of rotatable bonds is 4. The molecule has 2 aromatic rings. The van der Waals surface area contributed by atoms with E-state index in [0.717, 1.165) is 0 Å². The smallest absolute Gasteiger partial charge is 0.335 e. The van der Waals surface area contributed by atoms with Crippen LogP contribution in [0.25, 0.3) is 0 Å². The maximum absolute atomic E-state index is 12.7. The Balaban J connectivity index is 1.81. The largest absolute Gasteiger partial charge is 0.478 e. The van der Waals surface area contributed by atoms with Crippen molar-refractivity contribution < 1.29 is 24.2 Å². The van der Waals surface area contributed by atoms with E-state index in [-0.39, 0.29) is 17.0 Å². The molecule has 27 heavy (non-hydrogen) atoms. The zero-order valence-corrected chi connectivity index (χ0v) is 14.9. The van der Waals surface area contributed by atoms with Gasteiger partial charge in [0.1, 0.15) is 0 Å². The highest BCUT2D eigenvalue weighted by molar-refractivity contribution is 6.07. The predicted octanol–water partition coefficient (Wildman–Crippen LogP) is 2.42. The van der Waals surface area contributed by atoms with Crippen LogP contribution in [0.15, 0.2) is 42.5 Å². The first kappa shape index (κ1) is 18.6. The van der Waals surface area contributed by atoms with E-state index in [1.807, 2.05) is 0 Å². The number of hydrogen-bond acceptors (Lipinski definition) is 4. The number of aromatic carboxylic acids is 1. The number of nitrogens with one attached hydrogen (secondary N) is 1. The predicted molar refractivity (Wildman–Crippen MR) is 99.3 cm³/mol. The lowest BCUT2D eigenvalue weighted by molar-refractivity contribution is 0.0302. The number of anilines is 1. The van der Waals surface area contributed by atoms with Crippen LogP contribution in [-0.4, -0.2) is 54.1 Å². The van der Waals surface area contributed by atoms with Gasteiger partial charge in [-0.05, 0) is 42.8 Å². The molecule has 7 heteroatoms. The molecule has 1 saturated heterocycles. The van der Waals surface area contributed by atoms with Crippen molar-refractivity contribution in [2.45, 2.75) is 6.92 Å². The molecule has 0 unspecified atom stereocenters. The van der Waals surface area contributed by atoms with E-state index in [0.29, 0.717) is 43.1 Å². The molecule has 7 nitrogen and oxygen atoms in total. The Labute approximate surface area is 156 Å². The van der Waals surface area contributed by atoms with Crippen molar-refractivity contribution in [3.8, 4) is 0 Å². The van der Waals surface area contributed by atoms with Crippen LogP contribution in [0, 0.1) is 6.92 Å². The third kappa shape index (κ3) is 4.15. The quantitative estimate of drug-likeness (QED) is 0.864. The summed E-state index contributed by atoms with van der Waals surface area (Å²) >= 11 is 0. The van der Waals surface area contributed by atoms with Gasteiger partial charge in [0, 0.05) is 29.9 Å². The Morgan fingerprint density at radius 2 is 1.70 bits per heavy atom. The average molecular weight is 368 g/mol. The van der Waals surface area contributed by atoms with Crippen LogP contribution >= 0.6 is 0 Å². The molecule has 0 radical (unpaired) electrons. The lowest BCUT2D eigenvalue weighted by atomic mass is 10.0. The van der Waals surface area contributed by atoms with Crippen LogP contribution in [0.4, 0.5) is 5.69 Å². The molecule has 1 aliphatic rings. The van der Waals surface area contributed by atoms with Crippen molar-refractivity contribution in [3.63, 3.8) is 0 Å². The average Bonchev–Trinajstić information content (AvgIpc) is 2.69. The lowest BCUT2D eigenvalue weighted by Gasteiger charge is -2.27. The van der Waals surface area contributed by atoms with Gasteiger partial charge < -0.3 is 20.1 Å². The number of ether oxygens (including phenoxy) is 1. The highest BCUT2D eigenvalue weighted by Gasteiger charge is 2.21. The third-order valence-corrected chi connectivity index (χ3v) is 4.48. The van der Waals surface area contributed by atoms with Crippen molar-refractivity contribution in [2.75, 3.05) is 31.6 Å². The first-order valence-corrected chi connectivity index (χ1v) is 8.58. The van der Waals surface area contributed by atoms with E-state index < -0.39 is 11.9 Å². The Morgan fingerprint density at radius 3 is 2.41 bits per heavy atom. The van der Waals surface area contributed by atoms with Crippen molar-refractivity contribution in [3.05, 3.63) is 64.7 Å². The summed E-state index contributed by atoms with van der Waals surface area (Å²) in [5, 5.41) is 11.8. The summed E-state index contributed by atoms with van der Waals surface area (Å²) in [7, 11) is 0. The van der Waals surface area contributed by atoms with Crippen molar-refractivity contribution >= 4 is 23.5 Å². The zero-order chi connectivity index (χ0) is 19.4. The fraction of sp³-hybridized carbons (Fsp3) is 0.250. The molecule has 2 N–H and O–H groups in total. The summed E-state index contributed by atoms with van der Waals surface area (Å²) in [6.07, 6.45) is 0. The van der Waals surface area contributed by atoms with Crippen LogP contribution < -0.4 is 5.32 Å². The Kier molecular flexibility index (Phi) is 5.52. The molecular formula is C20H20N2O5. The molecule has 0 bridgehead atoms. The Morgan fingerprint density at radius 1 is 1.04 bits per heavy atom. The number of hydrogen-bond donors (Lipinski definition) is 2. The summed E-state index contributed by atoms with van der Waals surface area (Å²) in [4.78, 5) is 38.1. The molecule has 2 aromatic carbocycles.